The van der Waals surface area contributed by atoms with Crippen LogP contribution in [0.1, 0.15) is 24.4 Å². The van der Waals surface area contributed by atoms with E-state index in [0.717, 1.165) is 5.82 Å². The maximum absolute atomic E-state index is 12.2. The van der Waals surface area contributed by atoms with Crippen LogP contribution in [-0.2, 0) is 4.79 Å². The Morgan fingerprint density at radius 2 is 2.21 bits per heavy atom. The number of rotatable bonds is 3. The fourth-order valence-electron chi connectivity index (χ4n) is 1.85. The first-order valence-electron chi connectivity index (χ1n) is 5.93. The van der Waals surface area contributed by atoms with Crippen molar-refractivity contribution in [1.29, 1.82) is 5.26 Å². The third kappa shape index (κ3) is 2.63. The van der Waals surface area contributed by atoms with Crippen LogP contribution in [0.15, 0.2) is 36.7 Å². The molecule has 0 radical (unpaired) electrons. The number of para-hydroxylation sites is 1. The van der Waals surface area contributed by atoms with Crippen LogP contribution in [0, 0.1) is 18.3 Å². The highest BCUT2D eigenvalue weighted by atomic mass is 16.2. The van der Waals surface area contributed by atoms with E-state index >= 15 is 0 Å². The van der Waals surface area contributed by atoms with Gasteiger partial charge in [0, 0.05) is 12.4 Å². The Labute approximate surface area is 111 Å². The van der Waals surface area contributed by atoms with Crippen LogP contribution in [0.2, 0.25) is 0 Å². The monoisotopic (exact) mass is 254 g/mol. The second-order valence-corrected chi connectivity index (χ2v) is 4.20. The number of imidazole rings is 1. The fourth-order valence-corrected chi connectivity index (χ4v) is 1.85. The van der Waals surface area contributed by atoms with Crippen molar-refractivity contribution in [2.24, 2.45) is 0 Å². The third-order valence-electron chi connectivity index (χ3n) is 2.96. The normalized spacial score (nSPS) is 11.6. The second-order valence-electron chi connectivity index (χ2n) is 4.20. The van der Waals surface area contributed by atoms with E-state index in [0.29, 0.717) is 11.3 Å². The third-order valence-corrected chi connectivity index (χ3v) is 2.96. The average Bonchev–Trinajstić information content (AvgIpc) is 2.84. The van der Waals surface area contributed by atoms with Crippen molar-refractivity contribution in [3.05, 3.63) is 48.0 Å². The first-order chi connectivity index (χ1) is 9.13. The van der Waals surface area contributed by atoms with Crippen LogP contribution in [0.25, 0.3) is 0 Å². The summed E-state index contributed by atoms with van der Waals surface area (Å²) in [6.07, 6.45) is 3.41. The summed E-state index contributed by atoms with van der Waals surface area (Å²) < 4.78 is 1.78. The van der Waals surface area contributed by atoms with Crippen LogP contribution >= 0.6 is 0 Å². The molecule has 1 aromatic carbocycles. The molecule has 5 nitrogen and oxygen atoms in total. The highest BCUT2D eigenvalue weighted by molar-refractivity contribution is 5.94. The van der Waals surface area contributed by atoms with Crippen molar-refractivity contribution < 1.29 is 4.79 Å². The van der Waals surface area contributed by atoms with E-state index in [4.69, 9.17) is 5.26 Å². The Morgan fingerprint density at radius 1 is 1.47 bits per heavy atom. The maximum Gasteiger partial charge on any atom is 0.247 e. The van der Waals surface area contributed by atoms with E-state index in [-0.39, 0.29) is 11.9 Å². The van der Waals surface area contributed by atoms with Gasteiger partial charge < -0.3 is 9.88 Å². The standard InChI is InChI=1S/C14H14N4O/c1-10(18-8-7-16-11(18)2)14(19)17-13-6-4-3-5-12(13)9-15/h3-8,10H,1-2H3,(H,17,19). The van der Waals surface area contributed by atoms with E-state index in [2.05, 4.69) is 16.4 Å². The lowest BCUT2D eigenvalue weighted by Gasteiger charge is -2.15. The number of aromatic nitrogens is 2. The number of nitrogens with one attached hydrogen (secondary N) is 1. The van der Waals surface area contributed by atoms with Gasteiger partial charge in [-0.25, -0.2) is 4.98 Å². The lowest BCUT2D eigenvalue weighted by Crippen LogP contribution is -2.24. The van der Waals surface area contributed by atoms with Crippen LogP contribution in [0.5, 0.6) is 0 Å². The summed E-state index contributed by atoms with van der Waals surface area (Å²) in [5, 5.41) is 11.7. The summed E-state index contributed by atoms with van der Waals surface area (Å²) in [5.74, 6) is 0.597. The number of nitriles is 1. The molecule has 1 heterocycles. The summed E-state index contributed by atoms with van der Waals surface area (Å²) in [5.41, 5.74) is 0.977. The van der Waals surface area contributed by atoms with E-state index in [1.165, 1.54) is 0 Å². The van der Waals surface area contributed by atoms with E-state index in [1.807, 2.05) is 6.92 Å². The van der Waals surface area contributed by atoms with E-state index < -0.39 is 0 Å². The molecule has 0 aliphatic heterocycles. The Hall–Kier alpha value is -2.61. The quantitative estimate of drug-likeness (QED) is 0.913. The van der Waals surface area contributed by atoms with Crippen LogP contribution in [0.4, 0.5) is 5.69 Å². The van der Waals surface area contributed by atoms with Crippen LogP contribution in [-0.4, -0.2) is 15.5 Å². The number of nitrogens with zero attached hydrogens (tertiary/aromatic N) is 3. The van der Waals surface area contributed by atoms with Gasteiger partial charge in [0.15, 0.2) is 0 Å². The topological polar surface area (TPSA) is 70.7 Å². The Bertz CT molecular complexity index is 639. The van der Waals surface area contributed by atoms with Crippen molar-refractivity contribution in [2.75, 3.05) is 5.32 Å². The van der Waals surface area contributed by atoms with E-state index in [1.54, 1.807) is 48.1 Å². The number of carbonyl (C=O) groups excluding carboxylic acids is 1. The lowest BCUT2D eigenvalue weighted by molar-refractivity contribution is -0.118. The molecule has 19 heavy (non-hydrogen) atoms. The first-order valence-corrected chi connectivity index (χ1v) is 5.93. The van der Waals surface area contributed by atoms with Gasteiger partial charge in [-0.2, -0.15) is 5.26 Å². The molecule has 0 bridgehead atoms. The van der Waals surface area contributed by atoms with Gasteiger partial charge in [-0.1, -0.05) is 12.1 Å². The minimum Gasteiger partial charge on any atom is -0.323 e. The molecule has 0 fully saturated rings. The number of anilines is 1. The Kier molecular flexibility index (Phi) is 3.62. The zero-order valence-electron chi connectivity index (χ0n) is 10.8. The summed E-state index contributed by atoms with van der Waals surface area (Å²) >= 11 is 0. The largest absolute Gasteiger partial charge is 0.323 e. The molecule has 1 amide bonds. The van der Waals surface area contributed by atoms with Gasteiger partial charge in [-0.05, 0) is 26.0 Å². The summed E-state index contributed by atoms with van der Waals surface area (Å²) in [6, 6.07) is 8.60. The SMILES string of the molecule is Cc1nccn1C(C)C(=O)Nc1ccccc1C#N. The highest BCUT2D eigenvalue weighted by Crippen LogP contribution is 2.16. The van der Waals surface area contributed by atoms with Gasteiger partial charge in [0.2, 0.25) is 5.91 Å². The van der Waals surface area contributed by atoms with Gasteiger partial charge in [0.1, 0.15) is 17.9 Å². The summed E-state index contributed by atoms with van der Waals surface area (Å²) in [7, 11) is 0. The van der Waals surface area contributed by atoms with Crippen molar-refractivity contribution in [1.82, 2.24) is 9.55 Å². The van der Waals surface area contributed by atoms with Gasteiger partial charge in [0.25, 0.3) is 0 Å². The molecular weight excluding hydrogens is 240 g/mol. The predicted octanol–water partition coefficient (Wildman–Crippen LogP) is 2.26. The molecule has 0 aliphatic rings. The number of aryl methyl sites for hydroxylation is 1. The van der Waals surface area contributed by atoms with Gasteiger partial charge in [0.05, 0.1) is 11.3 Å². The molecule has 0 aliphatic carbocycles. The molecule has 1 unspecified atom stereocenters. The lowest BCUT2D eigenvalue weighted by atomic mass is 10.2. The highest BCUT2D eigenvalue weighted by Gasteiger charge is 2.17. The number of hydrogen-bond donors (Lipinski definition) is 1. The van der Waals surface area contributed by atoms with E-state index in [9.17, 15) is 4.79 Å². The average molecular weight is 254 g/mol. The molecule has 1 atom stereocenters. The molecular formula is C14H14N4O. The van der Waals surface area contributed by atoms with Crippen molar-refractivity contribution in [3.63, 3.8) is 0 Å². The molecule has 5 heteroatoms. The smallest absolute Gasteiger partial charge is 0.247 e. The van der Waals surface area contributed by atoms with Gasteiger partial charge in [-0.15, -0.1) is 0 Å². The molecule has 0 saturated carbocycles. The number of hydrogen-bond acceptors (Lipinski definition) is 3. The number of amides is 1. The van der Waals surface area contributed by atoms with Crippen LogP contribution < -0.4 is 5.32 Å². The Morgan fingerprint density at radius 3 is 2.84 bits per heavy atom. The molecule has 1 aromatic heterocycles. The minimum atomic E-state index is -0.380. The molecule has 2 rings (SSSR count). The predicted molar refractivity (Wildman–Crippen MR) is 71.5 cm³/mol. The molecule has 1 N–H and O–H groups in total. The summed E-state index contributed by atoms with van der Waals surface area (Å²) in [6.45, 7) is 3.63. The van der Waals surface area contributed by atoms with Crippen molar-refractivity contribution in [3.8, 4) is 6.07 Å². The van der Waals surface area contributed by atoms with Gasteiger partial charge in [-0.3, -0.25) is 4.79 Å². The molecule has 96 valence electrons. The number of benzene rings is 1. The molecule has 0 spiro atoms. The Balaban J connectivity index is 2.18. The molecule has 0 saturated heterocycles. The minimum absolute atomic E-state index is 0.177. The van der Waals surface area contributed by atoms with Crippen LogP contribution in [0.3, 0.4) is 0 Å². The fraction of sp³-hybridized carbons (Fsp3) is 0.214. The maximum atomic E-state index is 12.2. The van der Waals surface area contributed by atoms with Crippen molar-refractivity contribution in [2.45, 2.75) is 19.9 Å². The van der Waals surface area contributed by atoms with Crippen molar-refractivity contribution >= 4 is 11.6 Å². The zero-order valence-corrected chi connectivity index (χ0v) is 10.8. The molecule has 2 aromatic rings. The second kappa shape index (κ2) is 5.36. The number of carbonyl (C=O) groups is 1. The first kappa shape index (κ1) is 12.8. The zero-order chi connectivity index (χ0) is 13.8. The summed E-state index contributed by atoms with van der Waals surface area (Å²) in [4.78, 5) is 16.3. The van der Waals surface area contributed by atoms with Gasteiger partial charge >= 0.3 is 0 Å².